The summed E-state index contributed by atoms with van der Waals surface area (Å²) in [5.74, 6) is 0.723. The van der Waals surface area contributed by atoms with Crippen LogP contribution < -0.4 is 10.6 Å². The molecule has 0 saturated carbocycles. The highest BCUT2D eigenvalue weighted by atomic mass is 16.6. The molecule has 1 amide bonds. The summed E-state index contributed by atoms with van der Waals surface area (Å²) in [5, 5.41) is 11.5. The molecular weight excluding hydrogens is 404 g/mol. The van der Waals surface area contributed by atoms with E-state index >= 15 is 0 Å². The first kappa shape index (κ1) is 22.1. The molecule has 0 bridgehead atoms. The number of aromatic nitrogens is 3. The largest absolute Gasteiger partial charge is 0.444 e. The van der Waals surface area contributed by atoms with Gasteiger partial charge in [-0.15, -0.1) is 5.10 Å². The third kappa shape index (κ3) is 5.19. The lowest BCUT2D eigenvalue weighted by atomic mass is 10.0. The van der Waals surface area contributed by atoms with Crippen molar-refractivity contribution < 1.29 is 9.53 Å². The molecule has 1 aliphatic rings. The van der Waals surface area contributed by atoms with Gasteiger partial charge in [0.25, 0.3) is 0 Å². The zero-order valence-electron chi connectivity index (χ0n) is 19.3. The highest BCUT2D eigenvalue weighted by Crippen LogP contribution is 2.26. The first-order valence-electron chi connectivity index (χ1n) is 11.2. The van der Waals surface area contributed by atoms with Crippen LogP contribution in [0.2, 0.25) is 0 Å². The second-order valence-corrected chi connectivity index (χ2v) is 9.23. The SMILES string of the molecule is CN(CCNc1ccc2ncc(-c3ccc(C4CCCN4)cc3)n2n1)C(=O)OC(C)(C)C. The van der Waals surface area contributed by atoms with Crippen LogP contribution in [0.3, 0.4) is 0 Å². The zero-order valence-corrected chi connectivity index (χ0v) is 19.3. The average molecular weight is 437 g/mol. The van der Waals surface area contributed by atoms with E-state index in [4.69, 9.17) is 9.84 Å². The molecule has 1 aromatic carbocycles. The lowest BCUT2D eigenvalue weighted by molar-refractivity contribution is 0.0305. The number of rotatable bonds is 6. The van der Waals surface area contributed by atoms with Gasteiger partial charge in [0.1, 0.15) is 11.4 Å². The van der Waals surface area contributed by atoms with Crippen LogP contribution in [0.25, 0.3) is 16.9 Å². The minimum atomic E-state index is -0.505. The van der Waals surface area contributed by atoms with E-state index in [1.54, 1.807) is 11.9 Å². The van der Waals surface area contributed by atoms with Gasteiger partial charge in [0.05, 0.1) is 11.9 Å². The molecule has 1 saturated heterocycles. The molecule has 8 heteroatoms. The predicted molar refractivity (Wildman–Crippen MR) is 126 cm³/mol. The molecule has 0 spiro atoms. The van der Waals surface area contributed by atoms with Crippen molar-refractivity contribution in [1.29, 1.82) is 0 Å². The molecule has 1 atom stereocenters. The number of hydrogen-bond donors (Lipinski definition) is 2. The Kier molecular flexibility index (Phi) is 6.32. The molecule has 32 heavy (non-hydrogen) atoms. The summed E-state index contributed by atoms with van der Waals surface area (Å²) in [6.07, 6.45) is 3.93. The summed E-state index contributed by atoms with van der Waals surface area (Å²) in [6, 6.07) is 12.9. The number of carbonyl (C=O) groups is 1. The van der Waals surface area contributed by atoms with Gasteiger partial charge in [0.15, 0.2) is 5.65 Å². The number of nitrogens with one attached hydrogen (secondary N) is 2. The van der Waals surface area contributed by atoms with E-state index < -0.39 is 5.60 Å². The summed E-state index contributed by atoms with van der Waals surface area (Å²) < 4.78 is 7.23. The molecule has 170 valence electrons. The minimum Gasteiger partial charge on any atom is -0.444 e. The van der Waals surface area contributed by atoms with Crippen molar-refractivity contribution in [3.63, 3.8) is 0 Å². The predicted octanol–water partition coefficient (Wildman–Crippen LogP) is 4.10. The Hall–Kier alpha value is -3.13. The first-order valence-corrected chi connectivity index (χ1v) is 11.2. The minimum absolute atomic E-state index is 0.337. The average Bonchev–Trinajstić information content (AvgIpc) is 3.42. The molecule has 4 rings (SSSR count). The van der Waals surface area contributed by atoms with E-state index in [-0.39, 0.29) is 6.09 Å². The van der Waals surface area contributed by atoms with E-state index in [0.717, 1.165) is 29.3 Å². The fraction of sp³-hybridized carbons (Fsp3) is 0.458. The number of imidazole rings is 1. The molecule has 0 radical (unpaired) electrons. The van der Waals surface area contributed by atoms with Crippen LogP contribution >= 0.6 is 0 Å². The van der Waals surface area contributed by atoms with E-state index in [1.165, 1.54) is 18.4 Å². The Morgan fingerprint density at radius 2 is 2.03 bits per heavy atom. The maximum absolute atomic E-state index is 12.1. The first-order chi connectivity index (χ1) is 15.3. The Bertz CT molecular complexity index is 1060. The molecular formula is C24H32N6O2. The molecule has 0 aliphatic carbocycles. The second kappa shape index (κ2) is 9.16. The molecule has 3 aromatic rings. The Balaban J connectivity index is 1.42. The van der Waals surface area contributed by atoms with Crippen molar-refractivity contribution >= 4 is 17.6 Å². The van der Waals surface area contributed by atoms with Crippen molar-refractivity contribution in [2.24, 2.45) is 0 Å². The zero-order chi connectivity index (χ0) is 22.7. The van der Waals surface area contributed by atoms with Crippen LogP contribution in [-0.4, -0.2) is 57.9 Å². The van der Waals surface area contributed by atoms with Gasteiger partial charge in [-0.05, 0) is 57.9 Å². The standard InChI is InChI=1S/C24H32N6O2/c1-24(2,3)32-23(31)29(4)15-14-26-21-11-12-22-27-16-20(30(22)28-21)18-9-7-17(8-10-18)19-6-5-13-25-19/h7-12,16,19,25H,5-6,13-15H2,1-4H3,(H,26,28). The van der Waals surface area contributed by atoms with Crippen molar-refractivity contribution in [2.45, 2.75) is 45.3 Å². The molecule has 3 heterocycles. The highest BCUT2D eigenvalue weighted by Gasteiger charge is 2.19. The van der Waals surface area contributed by atoms with Crippen LogP contribution in [0, 0.1) is 0 Å². The fourth-order valence-electron chi connectivity index (χ4n) is 3.80. The summed E-state index contributed by atoms with van der Waals surface area (Å²) in [6.45, 7) is 7.73. The molecule has 1 aliphatic heterocycles. The Morgan fingerprint density at radius 3 is 2.72 bits per heavy atom. The van der Waals surface area contributed by atoms with E-state index in [9.17, 15) is 4.79 Å². The second-order valence-electron chi connectivity index (χ2n) is 9.23. The van der Waals surface area contributed by atoms with Crippen LogP contribution in [0.1, 0.15) is 45.2 Å². The van der Waals surface area contributed by atoms with Gasteiger partial charge in [-0.1, -0.05) is 24.3 Å². The van der Waals surface area contributed by atoms with Gasteiger partial charge in [-0.2, -0.15) is 0 Å². The smallest absolute Gasteiger partial charge is 0.410 e. The summed E-state index contributed by atoms with van der Waals surface area (Å²) in [4.78, 5) is 18.1. The number of nitrogens with zero attached hydrogens (tertiary/aromatic N) is 4. The lowest BCUT2D eigenvalue weighted by Crippen LogP contribution is -2.36. The van der Waals surface area contributed by atoms with Crippen LogP contribution in [0.15, 0.2) is 42.6 Å². The number of amides is 1. The monoisotopic (exact) mass is 436 g/mol. The van der Waals surface area contributed by atoms with E-state index in [0.29, 0.717) is 19.1 Å². The fourth-order valence-corrected chi connectivity index (χ4v) is 3.80. The molecule has 2 aromatic heterocycles. The molecule has 1 fully saturated rings. The van der Waals surface area contributed by atoms with Crippen molar-refractivity contribution in [3.05, 3.63) is 48.2 Å². The number of fused-ring (bicyclic) bond motifs is 1. The van der Waals surface area contributed by atoms with E-state index in [1.807, 2.05) is 43.6 Å². The number of hydrogen-bond acceptors (Lipinski definition) is 6. The molecule has 1 unspecified atom stereocenters. The highest BCUT2D eigenvalue weighted by molar-refractivity contribution is 5.67. The van der Waals surface area contributed by atoms with Crippen LogP contribution in [-0.2, 0) is 4.74 Å². The third-order valence-corrected chi connectivity index (χ3v) is 5.49. The van der Waals surface area contributed by atoms with Gasteiger partial charge >= 0.3 is 6.09 Å². The number of carbonyl (C=O) groups excluding carboxylic acids is 1. The molecule has 2 N–H and O–H groups in total. The van der Waals surface area contributed by atoms with Gasteiger partial charge in [0, 0.05) is 31.7 Å². The maximum Gasteiger partial charge on any atom is 0.410 e. The summed E-state index contributed by atoms with van der Waals surface area (Å²) >= 11 is 0. The topological polar surface area (TPSA) is 83.8 Å². The van der Waals surface area contributed by atoms with Gasteiger partial charge in [-0.25, -0.2) is 14.3 Å². The molecule has 8 nitrogen and oxygen atoms in total. The maximum atomic E-state index is 12.1. The quantitative estimate of drug-likeness (QED) is 0.605. The van der Waals surface area contributed by atoms with Gasteiger partial charge in [-0.3, -0.25) is 0 Å². The Labute approximate surface area is 189 Å². The number of likely N-dealkylation sites (N-methyl/N-ethyl adjacent to an activating group) is 1. The van der Waals surface area contributed by atoms with Crippen molar-refractivity contribution in [1.82, 2.24) is 24.8 Å². The van der Waals surface area contributed by atoms with Crippen molar-refractivity contribution in [2.75, 3.05) is 32.0 Å². The Morgan fingerprint density at radius 1 is 1.25 bits per heavy atom. The number of benzene rings is 1. The van der Waals surface area contributed by atoms with Gasteiger partial charge in [0.2, 0.25) is 0 Å². The number of anilines is 1. The van der Waals surface area contributed by atoms with Crippen molar-refractivity contribution in [3.8, 4) is 11.3 Å². The summed E-state index contributed by atoms with van der Waals surface area (Å²) in [5.41, 5.74) is 3.63. The third-order valence-electron chi connectivity index (χ3n) is 5.49. The van der Waals surface area contributed by atoms with Crippen LogP contribution in [0.4, 0.5) is 10.6 Å². The lowest BCUT2D eigenvalue weighted by Gasteiger charge is -2.24. The van der Waals surface area contributed by atoms with Crippen LogP contribution in [0.5, 0.6) is 0 Å². The summed E-state index contributed by atoms with van der Waals surface area (Å²) in [7, 11) is 1.73. The number of ether oxygens (including phenoxy) is 1. The van der Waals surface area contributed by atoms with E-state index in [2.05, 4.69) is 39.9 Å². The van der Waals surface area contributed by atoms with Gasteiger partial charge < -0.3 is 20.3 Å². The normalized spacial score (nSPS) is 16.3.